The number of aromatic nitrogens is 1. The van der Waals surface area contributed by atoms with Crippen molar-refractivity contribution in [3.05, 3.63) is 58.3 Å². The highest BCUT2D eigenvalue weighted by molar-refractivity contribution is 5.63. The summed E-state index contributed by atoms with van der Waals surface area (Å²) in [6.07, 6.45) is -3.58. The Morgan fingerprint density at radius 3 is 2.20 bits per heavy atom. The maximum atomic E-state index is 12.6. The number of hydrogen-bond donors (Lipinski definition) is 0. The van der Waals surface area contributed by atoms with Gasteiger partial charge in [-0.2, -0.15) is 13.2 Å². The molecule has 132 valence electrons. The molecule has 1 aromatic carbocycles. The van der Waals surface area contributed by atoms with Crippen LogP contribution >= 0.6 is 0 Å². The molecule has 0 amide bonds. The van der Waals surface area contributed by atoms with Crippen molar-refractivity contribution in [2.24, 2.45) is 0 Å². The number of benzene rings is 1. The highest BCUT2D eigenvalue weighted by atomic mass is 19.4. The molecule has 2 aromatic rings. The van der Waals surface area contributed by atoms with Gasteiger partial charge < -0.3 is 9.80 Å². The molecule has 0 bridgehead atoms. The summed E-state index contributed by atoms with van der Waals surface area (Å²) < 4.78 is 37.8. The predicted molar refractivity (Wildman–Crippen MR) is 86.8 cm³/mol. The van der Waals surface area contributed by atoms with E-state index in [9.17, 15) is 23.3 Å². The van der Waals surface area contributed by atoms with E-state index in [0.29, 0.717) is 37.7 Å². The van der Waals surface area contributed by atoms with E-state index in [1.165, 1.54) is 12.1 Å². The third kappa shape index (κ3) is 3.65. The van der Waals surface area contributed by atoms with Gasteiger partial charge in [0.15, 0.2) is 0 Å². The average Bonchev–Trinajstić information content (AvgIpc) is 2.61. The zero-order valence-electron chi connectivity index (χ0n) is 13.1. The van der Waals surface area contributed by atoms with Gasteiger partial charge in [-0.25, -0.2) is 4.98 Å². The summed E-state index contributed by atoms with van der Waals surface area (Å²) in [5.41, 5.74) is -0.189. The van der Waals surface area contributed by atoms with Crippen LogP contribution in [0.15, 0.2) is 42.6 Å². The number of nitro benzene ring substituents is 1. The Balaban J connectivity index is 1.69. The molecule has 6 nitrogen and oxygen atoms in total. The lowest BCUT2D eigenvalue weighted by Gasteiger charge is -2.36. The van der Waals surface area contributed by atoms with Crippen LogP contribution in [0.4, 0.5) is 30.4 Å². The topological polar surface area (TPSA) is 62.5 Å². The lowest BCUT2D eigenvalue weighted by Crippen LogP contribution is -2.47. The fourth-order valence-electron chi connectivity index (χ4n) is 2.80. The number of hydrogen-bond acceptors (Lipinski definition) is 5. The largest absolute Gasteiger partial charge is 0.417 e. The molecule has 0 radical (unpaired) electrons. The van der Waals surface area contributed by atoms with Gasteiger partial charge in [-0.15, -0.1) is 0 Å². The van der Waals surface area contributed by atoms with Gasteiger partial charge in [-0.05, 0) is 18.2 Å². The van der Waals surface area contributed by atoms with E-state index in [2.05, 4.69) is 4.98 Å². The zero-order chi connectivity index (χ0) is 18.0. The van der Waals surface area contributed by atoms with Crippen molar-refractivity contribution < 1.29 is 18.1 Å². The summed E-state index contributed by atoms with van der Waals surface area (Å²) in [5, 5.41) is 11.1. The molecule has 1 saturated heterocycles. The van der Waals surface area contributed by atoms with Crippen LogP contribution in [0.3, 0.4) is 0 Å². The number of anilines is 2. The van der Waals surface area contributed by atoms with Crippen LogP contribution in [0.1, 0.15) is 5.56 Å². The van der Waals surface area contributed by atoms with Gasteiger partial charge in [-0.1, -0.05) is 12.1 Å². The maximum absolute atomic E-state index is 12.6. The second kappa shape index (κ2) is 6.58. The van der Waals surface area contributed by atoms with E-state index in [-0.39, 0.29) is 5.69 Å². The molecular weight excluding hydrogens is 337 g/mol. The highest BCUT2D eigenvalue weighted by Crippen LogP contribution is 2.31. The Labute approximate surface area is 141 Å². The first-order valence-corrected chi connectivity index (χ1v) is 7.63. The smallest absolute Gasteiger partial charge is 0.362 e. The van der Waals surface area contributed by atoms with Crippen molar-refractivity contribution in [3.8, 4) is 0 Å². The molecule has 0 unspecified atom stereocenters. The first kappa shape index (κ1) is 17.0. The monoisotopic (exact) mass is 352 g/mol. The Kier molecular flexibility index (Phi) is 4.47. The van der Waals surface area contributed by atoms with Crippen LogP contribution in [0.2, 0.25) is 0 Å². The van der Waals surface area contributed by atoms with Gasteiger partial charge >= 0.3 is 6.18 Å². The van der Waals surface area contributed by atoms with Gasteiger partial charge in [-0.3, -0.25) is 10.1 Å². The quantitative estimate of drug-likeness (QED) is 0.626. The first-order valence-electron chi connectivity index (χ1n) is 7.63. The maximum Gasteiger partial charge on any atom is 0.417 e. The molecule has 0 saturated carbocycles. The van der Waals surface area contributed by atoms with Crippen molar-refractivity contribution in [2.45, 2.75) is 6.18 Å². The second-order valence-corrected chi connectivity index (χ2v) is 5.62. The summed E-state index contributed by atoms with van der Waals surface area (Å²) in [5.74, 6) is 0.468. The van der Waals surface area contributed by atoms with Crippen molar-refractivity contribution in [1.29, 1.82) is 0 Å². The number of pyridine rings is 1. The molecule has 1 aliphatic heterocycles. The Hall–Kier alpha value is -2.84. The molecule has 3 rings (SSSR count). The van der Waals surface area contributed by atoms with Crippen LogP contribution in [0.25, 0.3) is 0 Å². The van der Waals surface area contributed by atoms with Crippen LogP contribution in [-0.2, 0) is 6.18 Å². The van der Waals surface area contributed by atoms with E-state index in [4.69, 9.17) is 0 Å². The summed E-state index contributed by atoms with van der Waals surface area (Å²) in [6, 6.07) is 8.87. The second-order valence-electron chi connectivity index (χ2n) is 5.62. The molecule has 0 N–H and O–H groups in total. The Morgan fingerprint density at radius 2 is 1.64 bits per heavy atom. The fraction of sp³-hybridized carbons (Fsp3) is 0.312. The summed E-state index contributed by atoms with van der Waals surface area (Å²) in [7, 11) is 0. The van der Waals surface area contributed by atoms with Gasteiger partial charge in [0.2, 0.25) is 0 Å². The summed E-state index contributed by atoms with van der Waals surface area (Å²) in [4.78, 5) is 18.4. The van der Waals surface area contributed by atoms with Crippen molar-refractivity contribution in [1.82, 2.24) is 4.98 Å². The number of alkyl halides is 3. The van der Waals surface area contributed by atoms with Gasteiger partial charge in [0, 0.05) is 38.4 Å². The van der Waals surface area contributed by atoms with Gasteiger partial charge in [0.05, 0.1) is 10.5 Å². The molecule has 0 aliphatic carbocycles. The standard InChI is InChI=1S/C16H15F3N4O2/c17-16(18,19)12-5-6-15(20-11-12)22-9-7-21(8-10-22)13-3-1-2-4-14(13)23(24)25/h1-6,11H,7-10H2. The molecule has 25 heavy (non-hydrogen) atoms. The van der Waals surface area contributed by atoms with Crippen molar-refractivity contribution >= 4 is 17.2 Å². The number of rotatable bonds is 3. The van der Waals surface area contributed by atoms with E-state index in [1.54, 1.807) is 18.2 Å². The first-order chi connectivity index (χ1) is 11.9. The lowest BCUT2D eigenvalue weighted by molar-refractivity contribution is -0.384. The molecule has 0 spiro atoms. The number of nitrogens with zero attached hydrogens (tertiary/aromatic N) is 4. The van der Waals surface area contributed by atoms with Crippen LogP contribution in [-0.4, -0.2) is 36.1 Å². The molecule has 1 aliphatic rings. The normalized spacial score (nSPS) is 15.3. The number of para-hydroxylation sites is 2. The third-order valence-corrected chi connectivity index (χ3v) is 4.10. The predicted octanol–water partition coefficient (Wildman–Crippen LogP) is 3.34. The average molecular weight is 352 g/mol. The number of halogens is 3. The van der Waals surface area contributed by atoms with Gasteiger partial charge in [0.1, 0.15) is 11.5 Å². The summed E-state index contributed by atoms with van der Waals surface area (Å²) >= 11 is 0. The van der Waals surface area contributed by atoms with E-state index in [1.807, 2.05) is 9.80 Å². The molecule has 9 heteroatoms. The van der Waals surface area contributed by atoms with E-state index in [0.717, 1.165) is 12.3 Å². The minimum atomic E-state index is -4.41. The minimum Gasteiger partial charge on any atom is -0.362 e. The van der Waals surface area contributed by atoms with E-state index >= 15 is 0 Å². The molecule has 0 atom stereocenters. The van der Waals surface area contributed by atoms with Crippen molar-refractivity contribution in [3.63, 3.8) is 0 Å². The number of nitro groups is 1. The number of piperazine rings is 1. The SMILES string of the molecule is O=[N+]([O-])c1ccccc1N1CCN(c2ccc(C(F)(F)F)cn2)CC1. The summed E-state index contributed by atoms with van der Waals surface area (Å²) in [6.45, 7) is 2.08. The van der Waals surface area contributed by atoms with Crippen LogP contribution < -0.4 is 9.80 Å². The van der Waals surface area contributed by atoms with Crippen LogP contribution in [0.5, 0.6) is 0 Å². The molecule has 1 aromatic heterocycles. The van der Waals surface area contributed by atoms with Crippen molar-refractivity contribution in [2.75, 3.05) is 36.0 Å². The fourth-order valence-corrected chi connectivity index (χ4v) is 2.80. The van der Waals surface area contributed by atoms with Crippen LogP contribution in [0, 0.1) is 10.1 Å². The van der Waals surface area contributed by atoms with Gasteiger partial charge in [0.25, 0.3) is 5.69 Å². The molecule has 1 fully saturated rings. The Morgan fingerprint density at radius 1 is 1.00 bits per heavy atom. The molecule has 2 heterocycles. The zero-order valence-corrected chi connectivity index (χ0v) is 13.1. The highest BCUT2D eigenvalue weighted by Gasteiger charge is 2.31. The Bertz CT molecular complexity index is 757. The lowest BCUT2D eigenvalue weighted by atomic mass is 10.2. The third-order valence-electron chi connectivity index (χ3n) is 4.10. The van der Waals surface area contributed by atoms with E-state index < -0.39 is 16.7 Å². The minimum absolute atomic E-state index is 0.0450. The molecular formula is C16H15F3N4O2.